The van der Waals surface area contributed by atoms with E-state index >= 15 is 0 Å². The number of nitrogens with zero attached hydrogens (tertiary/aromatic N) is 2. The van der Waals surface area contributed by atoms with E-state index in [2.05, 4.69) is 10.4 Å². The molecule has 0 bridgehead atoms. The summed E-state index contributed by atoms with van der Waals surface area (Å²) in [4.78, 5) is 34.7. The average molecular weight is 331 g/mol. The van der Waals surface area contributed by atoms with Gasteiger partial charge in [0.1, 0.15) is 11.4 Å². The van der Waals surface area contributed by atoms with Crippen LogP contribution in [0.3, 0.4) is 0 Å². The molecule has 1 aromatic heterocycles. The normalized spacial score (nSPS) is 11.6. The molecular weight excluding hydrogens is 314 g/mol. The average Bonchev–Trinajstić information content (AvgIpc) is 2.56. The van der Waals surface area contributed by atoms with E-state index in [1.807, 2.05) is 0 Å². The fourth-order valence-electron chi connectivity index (χ4n) is 2.12. The minimum atomic E-state index is -1.05. The fraction of sp³-hybridized carbons (Fsp3) is 0.250. The maximum Gasteiger partial charge on any atom is 0.305 e. The molecule has 0 fully saturated rings. The number of aliphatic carboxylic acids is 1. The van der Waals surface area contributed by atoms with E-state index in [0.29, 0.717) is 11.3 Å². The van der Waals surface area contributed by atoms with Crippen LogP contribution in [0.2, 0.25) is 0 Å². The second-order valence-corrected chi connectivity index (χ2v) is 5.08. The Balaban J connectivity index is 2.23. The highest BCUT2D eigenvalue weighted by Crippen LogP contribution is 2.20. The summed E-state index contributed by atoms with van der Waals surface area (Å²) in [6.07, 6.45) is -0.288. The van der Waals surface area contributed by atoms with Crippen molar-refractivity contribution >= 4 is 11.9 Å². The molecule has 8 heteroatoms. The van der Waals surface area contributed by atoms with Crippen molar-refractivity contribution in [3.8, 4) is 5.75 Å². The summed E-state index contributed by atoms with van der Waals surface area (Å²) in [5.74, 6) is -0.990. The molecule has 1 unspecified atom stereocenters. The van der Waals surface area contributed by atoms with Gasteiger partial charge in [0, 0.05) is 13.1 Å². The van der Waals surface area contributed by atoms with Crippen LogP contribution >= 0.6 is 0 Å². The second kappa shape index (κ2) is 7.40. The Kier molecular flexibility index (Phi) is 5.31. The van der Waals surface area contributed by atoms with Crippen molar-refractivity contribution in [3.63, 3.8) is 0 Å². The molecule has 0 aliphatic rings. The van der Waals surface area contributed by atoms with E-state index in [-0.39, 0.29) is 17.7 Å². The third-order valence-electron chi connectivity index (χ3n) is 3.40. The molecule has 0 aliphatic carbocycles. The predicted octanol–water partition coefficient (Wildman–Crippen LogP) is 0.735. The maximum atomic E-state index is 12.3. The Hall–Kier alpha value is -3.16. The zero-order valence-electron chi connectivity index (χ0n) is 13.2. The molecule has 1 atom stereocenters. The molecular formula is C16H17N3O5. The Labute approximate surface area is 137 Å². The molecule has 2 N–H and O–H groups in total. The highest BCUT2D eigenvalue weighted by atomic mass is 16.5. The van der Waals surface area contributed by atoms with Crippen LogP contribution in [-0.4, -0.2) is 33.9 Å². The number of carboxylic acids is 1. The fourth-order valence-corrected chi connectivity index (χ4v) is 2.12. The van der Waals surface area contributed by atoms with Gasteiger partial charge in [-0.05, 0) is 23.8 Å². The molecule has 0 radical (unpaired) electrons. The first-order valence-electron chi connectivity index (χ1n) is 7.11. The molecule has 126 valence electrons. The number of carboxylic acid groups (broad SMARTS) is 1. The molecule has 1 heterocycles. The summed E-state index contributed by atoms with van der Waals surface area (Å²) >= 11 is 0. The minimum absolute atomic E-state index is 0.0287. The number of rotatable bonds is 6. The zero-order chi connectivity index (χ0) is 17.7. The number of ether oxygens (including phenoxy) is 1. The summed E-state index contributed by atoms with van der Waals surface area (Å²) in [5.41, 5.74) is 0.307. The van der Waals surface area contributed by atoms with Crippen molar-refractivity contribution in [1.29, 1.82) is 0 Å². The van der Waals surface area contributed by atoms with E-state index in [0.717, 1.165) is 4.68 Å². The predicted molar refractivity (Wildman–Crippen MR) is 84.9 cm³/mol. The first kappa shape index (κ1) is 17.2. The number of carbonyl (C=O) groups is 2. The van der Waals surface area contributed by atoms with Crippen LogP contribution in [0.4, 0.5) is 0 Å². The standard InChI is InChI=1S/C16H17N3O5/c1-19-14(20)8-7-12(18-19)16(23)17-13(9-15(21)22)10-3-5-11(24-2)6-4-10/h3-8,13H,9H2,1-2H3,(H,17,23)(H,21,22). The molecule has 0 aliphatic heterocycles. The van der Waals surface area contributed by atoms with Crippen molar-refractivity contribution in [3.05, 3.63) is 58.0 Å². The van der Waals surface area contributed by atoms with Crippen molar-refractivity contribution in [2.45, 2.75) is 12.5 Å². The number of hydrogen-bond donors (Lipinski definition) is 2. The van der Waals surface area contributed by atoms with Crippen molar-refractivity contribution in [2.75, 3.05) is 7.11 Å². The van der Waals surface area contributed by atoms with Gasteiger partial charge in [0.15, 0.2) is 0 Å². The Morgan fingerprint density at radius 1 is 1.25 bits per heavy atom. The van der Waals surface area contributed by atoms with Gasteiger partial charge in [-0.25, -0.2) is 4.68 Å². The number of carbonyl (C=O) groups excluding carboxylic acids is 1. The van der Waals surface area contributed by atoms with Gasteiger partial charge in [-0.1, -0.05) is 12.1 Å². The second-order valence-electron chi connectivity index (χ2n) is 5.08. The van der Waals surface area contributed by atoms with Crippen molar-refractivity contribution < 1.29 is 19.4 Å². The van der Waals surface area contributed by atoms with Gasteiger partial charge in [0.05, 0.1) is 19.6 Å². The highest BCUT2D eigenvalue weighted by Gasteiger charge is 2.20. The van der Waals surface area contributed by atoms with Gasteiger partial charge in [0.2, 0.25) is 0 Å². The van der Waals surface area contributed by atoms with Gasteiger partial charge < -0.3 is 15.2 Å². The largest absolute Gasteiger partial charge is 0.497 e. The molecule has 0 saturated carbocycles. The van der Waals surface area contributed by atoms with E-state index < -0.39 is 17.9 Å². The number of aromatic nitrogens is 2. The van der Waals surface area contributed by atoms with Crippen LogP contribution in [-0.2, 0) is 11.8 Å². The van der Waals surface area contributed by atoms with Crippen LogP contribution in [0.25, 0.3) is 0 Å². The first-order chi connectivity index (χ1) is 11.4. The lowest BCUT2D eigenvalue weighted by atomic mass is 10.0. The van der Waals surface area contributed by atoms with Crippen LogP contribution in [0, 0.1) is 0 Å². The minimum Gasteiger partial charge on any atom is -0.497 e. The maximum absolute atomic E-state index is 12.3. The zero-order valence-corrected chi connectivity index (χ0v) is 13.2. The lowest BCUT2D eigenvalue weighted by Crippen LogP contribution is -2.32. The molecule has 2 rings (SSSR count). The van der Waals surface area contributed by atoms with E-state index in [9.17, 15) is 14.4 Å². The highest BCUT2D eigenvalue weighted by molar-refractivity contribution is 5.92. The smallest absolute Gasteiger partial charge is 0.305 e. The summed E-state index contributed by atoms with van der Waals surface area (Å²) in [7, 11) is 2.95. The van der Waals surface area contributed by atoms with Gasteiger partial charge >= 0.3 is 5.97 Å². The van der Waals surface area contributed by atoms with Gasteiger partial charge in [-0.3, -0.25) is 14.4 Å². The van der Waals surface area contributed by atoms with Crippen LogP contribution in [0.15, 0.2) is 41.2 Å². The topological polar surface area (TPSA) is 111 Å². The third kappa shape index (κ3) is 4.19. The van der Waals surface area contributed by atoms with Crippen molar-refractivity contribution in [1.82, 2.24) is 15.1 Å². The lowest BCUT2D eigenvalue weighted by molar-refractivity contribution is -0.137. The summed E-state index contributed by atoms with van der Waals surface area (Å²) in [6, 6.07) is 8.51. The SMILES string of the molecule is COc1ccc(C(CC(=O)O)NC(=O)c2ccc(=O)n(C)n2)cc1. The number of aryl methyl sites for hydroxylation is 1. The molecule has 8 nitrogen and oxygen atoms in total. The van der Waals surface area contributed by atoms with Gasteiger partial charge in [-0.15, -0.1) is 0 Å². The van der Waals surface area contributed by atoms with Crippen LogP contribution in [0.5, 0.6) is 5.75 Å². The first-order valence-corrected chi connectivity index (χ1v) is 7.11. The summed E-state index contributed by atoms with van der Waals surface area (Å²) in [5, 5.41) is 15.6. The number of nitrogens with one attached hydrogen (secondary N) is 1. The summed E-state index contributed by atoms with van der Waals surface area (Å²) in [6.45, 7) is 0. The summed E-state index contributed by atoms with van der Waals surface area (Å²) < 4.78 is 6.09. The Morgan fingerprint density at radius 3 is 2.46 bits per heavy atom. The third-order valence-corrected chi connectivity index (χ3v) is 3.40. The number of benzene rings is 1. The van der Waals surface area contributed by atoms with E-state index in [1.165, 1.54) is 26.3 Å². The van der Waals surface area contributed by atoms with Crippen LogP contribution in [0.1, 0.15) is 28.5 Å². The molecule has 0 saturated heterocycles. The number of hydrogen-bond acceptors (Lipinski definition) is 5. The quantitative estimate of drug-likeness (QED) is 0.807. The number of methoxy groups -OCH3 is 1. The molecule has 0 spiro atoms. The molecule has 2 aromatic rings. The van der Waals surface area contributed by atoms with Crippen LogP contribution < -0.4 is 15.6 Å². The monoisotopic (exact) mass is 331 g/mol. The molecule has 24 heavy (non-hydrogen) atoms. The Bertz CT molecular complexity index is 798. The molecule has 1 aromatic carbocycles. The Morgan fingerprint density at radius 2 is 1.92 bits per heavy atom. The number of amides is 1. The molecule has 1 amide bonds. The lowest BCUT2D eigenvalue weighted by Gasteiger charge is -2.17. The van der Waals surface area contributed by atoms with E-state index in [4.69, 9.17) is 9.84 Å². The van der Waals surface area contributed by atoms with Gasteiger partial charge in [-0.2, -0.15) is 5.10 Å². The van der Waals surface area contributed by atoms with Crippen molar-refractivity contribution in [2.24, 2.45) is 7.05 Å². The van der Waals surface area contributed by atoms with Gasteiger partial charge in [0.25, 0.3) is 11.5 Å². The van der Waals surface area contributed by atoms with E-state index in [1.54, 1.807) is 24.3 Å².